The van der Waals surface area contributed by atoms with Gasteiger partial charge in [-0.3, -0.25) is 0 Å². The summed E-state index contributed by atoms with van der Waals surface area (Å²) in [6.45, 7) is 3.22. The molecule has 1 aromatic heterocycles. The topological polar surface area (TPSA) is 29.9 Å². The Hall–Kier alpha value is -1.61. The normalized spacial score (nSPS) is 12.5. The Bertz CT molecular complexity index is 504. The SMILES string of the molecule is CCCCCC(NCCc1nccn1C)c1ccccc1. The average molecular weight is 285 g/mol. The molecule has 0 saturated heterocycles. The Labute approximate surface area is 128 Å². The first-order valence-corrected chi connectivity index (χ1v) is 8.05. The fourth-order valence-electron chi connectivity index (χ4n) is 2.67. The Morgan fingerprint density at radius 2 is 2.00 bits per heavy atom. The zero-order chi connectivity index (χ0) is 14.9. The maximum absolute atomic E-state index is 4.38. The fraction of sp³-hybridized carbons (Fsp3) is 0.500. The molecule has 2 aromatic rings. The fourth-order valence-corrected chi connectivity index (χ4v) is 2.67. The molecule has 0 radical (unpaired) electrons. The van der Waals surface area contributed by atoms with Crippen molar-refractivity contribution in [1.82, 2.24) is 14.9 Å². The van der Waals surface area contributed by atoms with Crippen LogP contribution >= 0.6 is 0 Å². The number of unbranched alkanes of at least 4 members (excludes halogenated alkanes) is 2. The summed E-state index contributed by atoms with van der Waals surface area (Å²) in [6.07, 6.45) is 9.92. The van der Waals surface area contributed by atoms with Crippen LogP contribution in [0.25, 0.3) is 0 Å². The Morgan fingerprint density at radius 1 is 1.19 bits per heavy atom. The molecule has 1 heterocycles. The van der Waals surface area contributed by atoms with Crippen molar-refractivity contribution in [2.45, 2.75) is 45.1 Å². The van der Waals surface area contributed by atoms with Crippen molar-refractivity contribution in [2.75, 3.05) is 6.54 Å². The summed E-state index contributed by atoms with van der Waals surface area (Å²) in [4.78, 5) is 4.38. The van der Waals surface area contributed by atoms with Crippen molar-refractivity contribution in [3.05, 3.63) is 54.1 Å². The van der Waals surface area contributed by atoms with E-state index in [1.165, 1.54) is 31.2 Å². The minimum atomic E-state index is 0.456. The maximum Gasteiger partial charge on any atom is 0.109 e. The number of nitrogens with zero attached hydrogens (tertiary/aromatic N) is 2. The summed E-state index contributed by atoms with van der Waals surface area (Å²) in [5.74, 6) is 1.14. The van der Waals surface area contributed by atoms with E-state index < -0.39 is 0 Å². The second-order valence-corrected chi connectivity index (χ2v) is 5.62. The van der Waals surface area contributed by atoms with Gasteiger partial charge >= 0.3 is 0 Å². The van der Waals surface area contributed by atoms with E-state index in [0.29, 0.717) is 6.04 Å². The van der Waals surface area contributed by atoms with Crippen LogP contribution in [0.4, 0.5) is 0 Å². The number of aromatic nitrogens is 2. The Morgan fingerprint density at radius 3 is 2.67 bits per heavy atom. The van der Waals surface area contributed by atoms with Crippen LogP contribution in [0.1, 0.15) is 50.0 Å². The van der Waals surface area contributed by atoms with Crippen LogP contribution in [0.15, 0.2) is 42.7 Å². The van der Waals surface area contributed by atoms with Crippen LogP contribution in [0.3, 0.4) is 0 Å². The Balaban J connectivity index is 1.88. The van der Waals surface area contributed by atoms with Gasteiger partial charge in [0.25, 0.3) is 0 Å². The highest BCUT2D eigenvalue weighted by Gasteiger charge is 2.10. The van der Waals surface area contributed by atoms with Crippen LogP contribution in [-0.2, 0) is 13.5 Å². The predicted octanol–water partition coefficient (Wildman–Crippen LogP) is 3.87. The van der Waals surface area contributed by atoms with Crippen molar-refractivity contribution in [3.8, 4) is 0 Å². The predicted molar refractivity (Wildman–Crippen MR) is 88.2 cm³/mol. The molecule has 0 fully saturated rings. The minimum Gasteiger partial charge on any atom is -0.338 e. The van der Waals surface area contributed by atoms with E-state index in [4.69, 9.17) is 0 Å². The van der Waals surface area contributed by atoms with E-state index in [9.17, 15) is 0 Å². The molecule has 3 heteroatoms. The quantitative estimate of drug-likeness (QED) is 0.709. The molecule has 0 saturated carbocycles. The smallest absolute Gasteiger partial charge is 0.109 e. The third kappa shape index (κ3) is 5.01. The van der Waals surface area contributed by atoms with Gasteiger partial charge in [-0.15, -0.1) is 0 Å². The average Bonchev–Trinajstić information content (AvgIpc) is 2.92. The zero-order valence-corrected chi connectivity index (χ0v) is 13.3. The highest BCUT2D eigenvalue weighted by atomic mass is 15.0. The lowest BCUT2D eigenvalue weighted by Crippen LogP contribution is -2.24. The highest BCUT2D eigenvalue weighted by molar-refractivity contribution is 5.18. The molecule has 114 valence electrons. The maximum atomic E-state index is 4.38. The molecule has 0 aliphatic heterocycles. The summed E-state index contributed by atoms with van der Waals surface area (Å²) in [7, 11) is 2.05. The van der Waals surface area contributed by atoms with Gasteiger partial charge < -0.3 is 9.88 Å². The van der Waals surface area contributed by atoms with E-state index >= 15 is 0 Å². The van der Waals surface area contributed by atoms with Gasteiger partial charge in [-0.05, 0) is 12.0 Å². The second kappa shape index (κ2) is 8.63. The minimum absolute atomic E-state index is 0.456. The lowest BCUT2D eigenvalue weighted by molar-refractivity contribution is 0.473. The van der Waals surface area contributed by atoms with Gasteiger partial charge in [0.1, 0.15) is 5.82 Å². The monoisotopic (exact) mass is 285 g/mol. The third-order valence-electron chi connectivity index (χ3n) is 3.96. The van der Waals surface area contributed by atoms with Crippen LogP contribution < -0.4 is 5.32 Å². The first-order chi connectivity index (χ1) is 10.3. The zero-order valence-electron chi connectivity index (χ0n) is 13.3. The molecule has 1 aromatic carbocycles. The molecular weight excluding hydrogens is 258 g/mol. The molecule has 0 amide bonds. The molecule has 1 atom stereocenters. The lowest BCUT2D eigenvalue weighted by Gasteiger charge is -2.19. The van der Waals surface area contributed by atoms with Crippen molar-refractivity contribution < 1.29 is 0 Å². The van der Waals surface area contributed by atoms with Gasteiger partial charge in [-0.2, -0.15) is 0 Å². The number of benzene rings is 1. The number of aryl methyl sites for hydroxylation is 1. The summed E-state index contributed by atoms with van der Waals surface area (Å²) < 4.78 is 2.09. The molecule has 1 N–H and O–H groups in total. The van der Waals surface area contributed by atoms with E-state index in [1.54, 1.807) is 0 Å². The molecule has 0 aliphatic rings. The number of nitrogens with one attached hydrogen (secondary N) is 1. The summed E-state index contributed by atoms with van der Waals surface area (Å²) in [5.41, 5.74) is 1.40. The Kier molecular flexibility index (Phi) is 6.48. The molecule has 0 spiro atoms. The van der Waals surface area contributed by atoms with Gasteiger partial charge in [0.05, 0.1) is 0 Å². The number of hydrogen-bond donors (Lipinski definition) is 1. The van der Waals surface area contributed by atoms with E-state index in [2.05, 4.69) is 59.2 Å². The van der Waals surface area contributed by atoms with Gasteiger partial charge in [0, 0.05) is 38.4 Å². The van der Waals surface area contributed by atoms with Gasteiger partial charge in [0.15, 0.2) is 0 Å². The van der Waals surface area contributed by atoms with Crippen LogP contribution in [0.5, 0.6) is 0 Å². The molecule has 21 heavy (non-hydrogen) atoms. The molecule has 2 rings (SSSR count). The molecule has 3 nitrogen and oxygen atoms in total. The number of hydrogen-bond acceptors (Lipinski definition) is 2. The summed E-state index contributed by atoms with van der Waals surface area (Å²) >= 11 is 0. The molecule has 1 unspecified atom stereocenters. The van der Waals surface area contributed by atoms with E-state index in [-0.39, 0.29) is 0 Å². The van der Waals surface area contributed by atoms with Crippen molar-refractivity contribution >= 4 is 0 Å². The molecule has 0 bridgehead atoms. The first-order valence-electron chi connectivity index (χ1n) is 8.05. The van der Waals surface area contributed by atoms with Crippen molar-refractivity contribution in [1.29, 1.82) is 0 Å². The van der Waals surface area contributed by atoms with E-state index in [1.807, 2.05) is 12.4 Å². The molecular formula is C18H27N3. The first kappa shape index (κ1) is 15.8. The van der Waals surface area contributed by atoms with Crippen LogP contribution in [0.2, 0.25) is 0 Å². The van der Waals surface area contributed by atoms with Gasteiger partial charge in [0.2, 0.25) is 0 Å². The van der Waals surface area contributed by atoms with Crippen molar-refractivity contribution in [3.63, 3.8) is 0 Å². The summed E-state index contributed by atoms with van der Waals surface area (Å²) in [5, 5.41) is 3.71. The van der Waals surface area contributed by atoms with Gasteiger partial charge in [-0.25, -0.2) is 4.98 Å². The van der Waals surface area contributed by atoms with Crippen LogP contribution in [-0.4, -0.2) is 16.1 Å². The number of rotatable bonds is 9. The van der Waals surface area contributed by atoms with Gasteiger partial charge in [-0.1, -0.05) is 56.5 Å². The summed E-state index contributed by atoms with van der Waals surface area (Å²) in [6, 6.07) is 11.2. The van der Waals surface area contributed by atoms with E-state index in [0.717, 1.165) is 18.8 Å². The van der Waals surface area contributed by atoms with Crippen molar-refractivity contribution in [2.24, 2.45) is 7.05 Å². The number of imidazole rings is 1. The molecule has 0 aliphatic carbocycles. The van der Waals surface area contributed by atoms with Crippen LogP contribution in [0, 0.1) is 0 Å². The largest absolute Gasteiger partial charge is 0.338 e. The standard InChI is InChI=1S/C18H27N3/c1-3-4-6-11-17(16-9-7-5-8-10-16)19-13-12-18-20-14-15-21(18)2/h5,7-10,14-15,17,19H,3-4,6,11-13H2,1-2H3. The lowest BCUT2D eigenvalue weighted by atomic mass is 10.0. The highest BCUT2D eigenvalue weighted by Crippen LogP contribution is 2.19. The third-order valence-corrected chi connectivity index (χ3v) is 3.96. The second-order valence-electron chi connectivity index (χ2n) is 5.62.